The predicted octanol–water partition coefficient (Wildman–Crippen LogP) is 3.31. The molecule has 1 unspecified atom stereocenters. The van der Waals surface area contributed by atoms with Gasteiger partial charge in [-0.3, -0.25) is 14.6 Å². The Morgan fingerprint density at radius 1 is 1.34 bits per heavy atom. The standard InChI is InChI=1S/C22H28N6O/c1-22(2)10-8-17-18(12-22)26-27-20(17)21(29)25-16-13-24-28(14-16)19(9-11-23)15-6-4-3-5-7-15/h3-7,13-14,19H,8-12,23H2,1-2H3,(H,25,29)(H,26,27). The summed E-state index contributed by atoms with van der Waals surface area (Å²) < 4.78 is 1.86. The minimum Gasteiger partial charge on any atom is -0.330 e. The highest BCUT2D eigenvalue weighted by molar-refractivity contribution is 6.03. The van der Waals surface area contributed by atoms with Crippen LogP contribution in [0.5, 0.6) is 0 Å². The van der Waals surface area contributed by atoms with E-state index >= 15 is 0 Å². The molecular weight excluding hydrogens is 364 g/mol. The van der Waals surface area contributed by atoms with Gasteiger partial charge >= 0.3 is 0 Å². The molecule has 1 aliphatic carbocycles. The normalized spacial score (nSPS) is 16.2. The molecule has 7 nitrogen and oxygen atoms in total. The third-order valence-corrected chi connectivity index (χ3v) is 5.68. The average Bonchev–Trinajstić information content (AvgIpc) is 3.32. The second-order valence-electron chi connectivity index (χ2n) is 8.54. The molecule has 0 bridgehead atoms. The zero-order valence-electron chi connectivity index (χ0n) is 17.0. The van der Waals surface area contributed by atoms with Gasteiger partial charge in [0.05, 0.1) is 17.9 Å². The smallest absolute Gasteiger partial charge is 0.276 e. The monoisotopic (exact) mass is 392 g/mol. The maximum absolute atomic E-state index is 12.8. The van der Waals surface area contributed by atoms with E-state index in [1.165, 1.54) is 0 Å². The zero-order valence-corrected chi connectivity index (χ0v) is 17.0. The summed E-state index contributed by atoms with van der Waals surface area (Å²) in [5.74, 6) is -0.197. The largest absolute Gasteiger partial charge is 0.330 e. The number of rotatable bonds is 6. The lowest BCUT2D eigenvalue weighted by atomic mass is 9.76. The first-order valence-electron chi connectivity index (χ1n) is 10.1. The van der Waals surface area contributed by atoms with Gasteiger partial charge in [-0.2, -0.15) is 10.2 Å². The molecule has 1 aliphatic rings. The first kappa shape index (κ1) is 19.4. The highest BCUT2D eigenvalue weighted by Gasteiger charge is 2.30. The van der Waals surface area contributed by atoms with Gasteiger partial charge < -0.3 is 11.1 Å². The number of nitrogens with zero attached hydrogens (tertiary/aromatic N) is 3. The fourth-order valence-electron chi connectivity index (χ4n) is 4.08. The molecule has 2 heterocycles. The summed E-state index contributed by atoms with van der Waals surface area (Å²) in [5, 5.41) is 14.8. The lowest BCUT2D eigenvalue weighted by Crippen LogP contribution is -2.23. The van der Waals surface area contributed by atoms with Crippen LogP contribution in [0.2, 0.25) is 0 Å². The number of amides is 1. The lowest BCUT2D eigenvalue weighted by molar-refractivity contribution is 0.102. The number of fused-ring (bicyclic) bond motifs is 1. The summed E-state index contributed by atoms with van der Waals surface area (Å²) in [6.45, 7) is 5.04. The number of hydrogen-bond donors (Lipinski definition) is 3. The molecular formula is C22H28N6O. The van der Waals surface area contributed by atoms with E-state index in [4.69, 9.17) is 5.73 Å². The van der Waals surface area contributed by atoms with Gasteiger partial charge in [-0.05, 0) is 43.2 Å². The molecule has 29 heavy (non-hydrogen) atoms. The number of aromatic amines is 1. The van der Waals surface area contributed by atoms with Crippen molar-refractivity contribution in [2.45, 2.75) is 45.6 Å². The Kier molecular flexibility index (Phi) is 5.24. The number of anilines is 1. The molecule has 0 radical (unpaired) electrons. The van der Waals surface area contributed by atoms with E-state index < -0.39 is 0 Å². The average molecular weight is 393 g/mol. The van der Waals surface area contributed by atoms with E-state index in [0.717, 1.165) is 42.5 Å². The van der Waals surface area contributed by atoms with Crippen LogP contribution in [0, 0.1) is 5.41 Å². The fraction of sp³-hybridized carbons (Fsp3) is 0.409. The van der Waals surface area contributed by atoms with Crippen molar-refractivity contribution in [3.05, 3.63) is 65.2 Å². The summed E-state index contributed by atoms with van der Waals surface area (Å²) in [6, 6.07) is 10.2. The summed E-state index contributed by atoms with van der Waals surface area (Å²) in [5.41, 5.74) is 10.5. The molecule has 4 N–H and O–H groups in total. The van der Waals surface area contributed by atoms with Crippen molar-refractivity contribution in [3.8, 4) is 0 Å². The molecule has 7 heteroatoms. The molecule has 0 spiro atoms. The number of H-pyrrole nitrogens is 1. The third kappa shape index (κ3) is 4.10. The van der Waals surface area contributed by atoms with E-state index in [1.807, 2.05) is 29.1 Å². The third-order valence-electron chi connectivity index (χ3n) is 5.68. The van der Waals surface area contributed by atoms with Crippen molar-refractivity contribution < 1.29 is 4.79 Å². The van der Waals surface area contributed by atoms with E-state index in [2.05, 4.69) is 46.6 Å². The molecule has 2 aromatic heterocycles. The van der Waals surface area contributed by atoms with Crippen LogP contribution in [-0.4, -0.2) is 32.4 Å². The Morgan fingerprint density at radius 2 is 2.14 bits per heavy atom. The molecule has 1 atom stereocenters. The molecule has 152 valence electrons. The Morgan fingerprint density at radius 3 is 2.90 bits per heavy atom. The van der Waals surface area contributed by atoms with Gasteiger partial charge in [0, 0.05) is 17.5 Å². The first-order valence-corrected chi connectivity index (χ1v) is 10.1. The number of hydrogen-bond acceptors (Lipinski definition) is 4. The van der Waals surface area contributed by atoms with Crippen LogP contribution in [0.25, 0.3) is 0 Å². The zero-order chi connectivity index (χ0) is 20.4. The van der Waals surface area contributed by atoms with Gasteiger partial charge in [-0.15, -0.1) is 0 Å². The van der Waals surface area contributed by atoms with E-state index in [-0.39, 0.29) is 17.4 Å². The highest BCUT2D eigenvalue weighted by atomic mass is 16.2. The summed E-state index contributed by atoms with van der Waals surface area (Å²) >= 11 is 0. The van der Waals surface area contributed by atoms with Crippen LogP contribution in [0.3, 0.4) is 0 Å². The maximum Gasteiger partial charge on any atom is 0.276 e. The Bertz CT molecular complexity index is 988. The molecule has 0 fully saturated rings. The SMILES string of the molecule is CC1(C)CCc2c(C(=O)Nc3cnn(C(CCN)c4ccccc4)c3)n[nH]c2C1. The maximum atomic E-state index is 12.8. The van der Waals surface area contributed by atoms with Gasteiger partial charge in [0.1, 0.15) is 0 Å². The highest BCUT2D eigenvalue weighted by Crippen LogP contribution is 2.35. The van der Waals surface area contributed by atoms with Crippen LogP contribution in [-0.2, 0) is 12.8 Å². The Balaban J connectivity index is 1.51. The summed E-state index contributed by atoms with van der Waals surface area (Å²) in [4.78, 5) is 12.8. The summed E-state index contributed by atoms with van der Waals surface area (Å²) in [6.07, 6.45) is 7.13. The molecule has 1 amide bonds. The first-order chi connectivity index (χ1) is 14.0. The van der Waals surface area contributed by atoms with Crippen molar-refractivity contribution in [3.63, 3.8) is 0 Å². The van der Waals surface area contributed by atoms with Crippen molar-refractivity contribution in [1.29, 1.82) is 0 Å². The molecule has 0 saturated heterocycles. The number of benzene rings is 1. The van der Waals surface area contributed by atoms with Crippen molar-refractivity contribution in [1.82, 2.24) is 20.0 Å². The summed E-state index contributed by atoms with van der Waals surface area (Å²) in [7, 11) is 0. The van der Waals surface area contributed by atoms with Gasteiger partial charge in [-0.25, -0.2) is 0 Å². The Hall–Kier alpha value is -2.93. The second-order valence-corrected chi connectivity index (χ2v) is 8.54. The van der Waals surface area contributed by atoms with E-state index in [1.54, 1.807) is 6.20 Å². The Labute approximate surface area is 170 Å². The fourth-order valence-corrected chi connectivity index (χ4v) is 4.08. The van der Waals surface area contributed by atoms with Crippen LogP contribution in [0.1, 0.15) is 60.0 Å². The van der Waals surface area contributed by atoms with Gasteiger partial charge in [0.2, 0.25) is 0 Å². The van der Waals surface area contributed by atoms with Crippen LogP contribution in [0.15, 0.2) is 42.7 Å². The van der Waals surface area contributed by atoms with E-state index in [0.29, 0.717) is 17.9 Å². The number of carbonyl (C=O) groups is 1. The van der Waals surface area contributed by atoms with Crippen molar-refractivity contribution >= 4 is 11.6 Å². The van der Waals surface area contributed by atoms with Gasteiger partial charge in [-0.1, -0.05) is 44.2 Å². The number of nitrogens with two attached hydrogens (primary N) is 1. The van der Waals surface area contributed by atoms with Crippen molar-refractivity contribution in [2.75, 3.05) is 11.9 Å². The van der Waals surface area contributed by atoms with Crippen LogP contribution < -0.4 is 11.1 Å². The van der Waals surface area contributed by atoms with Crippen LogP contribution >= 0.6 is 0 Å². The number of nitrogens with one attached hydrogen (secondary N) is 2. The molecule has 1 aromatic carbocycles. The quantitative estimate of drug-likeness (QED) is 0.599. The number of carbonyl (C=O) groups excluding carboxylic acids is 1. The van der Waals surface area contributed by atoms with Gasteiger partial charge in [0.15, 0.2) is 5.69 Å². The molecule has 4 rings (SSSR count). The van der Waals surface area contributed by atoms with Crippen LogP contribution in [0.4, 0.5) is 5.69 Å². The topological polar surface area (TPSA) is 102 Å². The molecule has 0 saturated carbocycles. The lowest BCUT2D eigenvalue weighted by Gasteiger charge is -2.28. The minimum atomic E-state index is -0.197. The minimum absolute atomic E-state index is 0.0345. The number of aromatic nitrogens is 4. The van der Waals surface area contributed by atoms with Gasteiger partial charge in [0.25, 0.3) is 5.91 Å². The molecule has 3 aromatic rings. The van der Waals surface area contributed by atoms with Crippen molar-refractivity contribution in [2.24, 2.45) is 11.1 Å². The predicted molar refractivity (Wildman–Crippen MR) is 113 cm³/mol. The molecule has 0 aliphatic heterocycles. The second kappa shape index (κ2) is 7.83. The van der Waals surface area contributed by atoms with E-state index in [9.17, 15) is 4.79 Å².